The van der Waals surface area contributed by atoms with Crippen molar-refractivity contribution in [1.29, 1.82) is 0 Å². The topological polar surface area (TPSA) is 124 Å². The molecule has 106 valence electrons. The summed E-state index contributed by atoms with van der Waals surface area (Å²) in [5.74, 6) is -0.162. The number of carbonyl (C=O) groups excluding carboxylic acids is 1. The summed E-state index contributed by atoms with van der Waals surface area (Å²) < 4.78 is 0. The van der Waals surface area contributed by atoms with Gasteiger partial charge in [-0.3, -0.25) is 9.89 Å². The maximum atomic E-state index is 11.0. The smallest absolute Gasteiger partial charge is 0.223 e. The Hall–Kier alpha value is -2.96. The number of aromatic nitrogens is 4. The maximum absolute atomic E-state index is 11.0. The number of hydrogen-bond acceptors (Lipinski definition) is 5. The number of aromatic amines is 1. The van der Waals surface area contributed by atoms with Gasteiger partial charge in [-0.25, -0.2) is 9.97 Å². The maximum Gasteiger partial charge on any atom is 0.223 e. The Morgan fingerprint density at radius 1 is 1.29 bits per heavy atom. The Morgan fingerprint density at radius 2 is 2.10 bits per heavy atom. The third kappa shape index (κ3) is 2.53. The number of nitrogens with two attached hydrogens (primary N) is 2. The molecule has 0 saturated carbocycles. The Bertz CT molecular complexity index is 818. The van der Waals surface area contributed by atoms with E-state index in [9.17, 15) is 4.79 Å². The van der Waals surface area contributed by atoms with Gasteiger partial charge in [-0.2, -0.15) is 5.10 Å². The molecule has 1 aromatic carbocycles. The first-order valence-electron chi connectivity index (χ1n) is 6.40. The van der Waals surface area contributed by atoms with Gasteiger partial charge in [0.2, 0.25) is 11.9 Å². The molecule has 0 spiro atoms. The number of benzene rings is 1. The zero-order valence-corrected chi connectivity index (χ0v) is 11.4. The molecule has 0 aliphatic heterocycles. The molecule has 0 bridgehead atoms. The Labute approximate surface area is 120 Å². The van der Waals surface area contributed by atoms with E-state index in [-0.39, 0.29) is 12.4 Å². The predicted octanol–water partition coefficient (Wildman–Crippen LogP) is 0.938. The largest absolute Gasteiger partial charge is 0.369 e. The van der Waals surface area contributed by atoms with Crippen LogP contribution < -0.4 is 11.5 Å². The van der Waals surface area contributed by atoms with E-state index in [1.807, 2.05) is 31.2 Å². The van der Waals surface area contributed by atoms with Crippen LogP contribution in [0.3, 0.4) is 0 Å². The molecule has 7 nitrogen and oxygen atoms in total. The van der Waals surface area contributed by atoms with Crippen molar-refractivity contribution in [3.8, 4) is 11.3 Å². The van der Waals surface area contributed by atoms with Crippen molar-refractivity contribution in [2.75, 3.05) is 5.73 Å². The number of H-pyrrole nitrogens is 1. The Kier molecular flexibility index (Phi) is 3.02. The fourth-order valence-electron chi connectivity index (χ4n) is 2.27. The van der Waals surface area contributed by atoms with Crippen LogP contribution in [0.2, 0.25) is 0 Å². The third-order valence-corrected chi connectivity index (χ3v) is 3.15. The number of rotatable bonds is 3. The first-order chi connectivity index (χ1) is 10.0. The normalized spacial score (nSPS) is 10.9. The Morgan fingerprint density at radius 3 is 2.81 bits per heavy atom. The fourth-order valence-corrected chi connectivity index (χ4v) is 2.27. The molecule has 3 aromatic rings. The number of amides is 1. The van der Waals surface area contributed by atoms with E-state index in [1.54, 1.807) is 0 Å². The van der Waals surface area contributed by atoms with Crippen LogP contribution in [0.5, 0.6) is 0 Å². The lowest BCUT2D eigenvalue weighted by atomic mass is 10.1. The molecule has 21 heavy (non-hydrogen) atoms. The van der Waals surface area contributed by atoms with Crippen molar-refractivity contribution in [3.05, 3.63) is 35.7 Å². The van der Waals surface area contributed by atoms with Gasteiger partial charge in [0.25, 0.3) is 0 Å². The number of nitrogens with one attached hydrogen (secondary N) is 1. The molecule has 1 amide bonds. The van der Waals surface area contributed by atoms with E-state index in [0.29, 0.717) is 5.69 Å². The summed E-state index contributed by atoms with van der Waals surface area (Å²) in [6.45, 7) is 1.86. The van der Waals surface area contributed by atoms with Gasteiger partial charge in [0.1, 0.15) is 0 Å². The summed E-state index contributed by atoms with van der Waals surface area (Å²) in [7, 11) is 0. The summed E-state index contributed by atoms with van der Waals surface area (Å²) in [6.07, 6.45) is 0.134. The standard InChI is InChI=1S/C14H14N6O/c1-7-4-10(18-14(16)17-7)8-2-3-9-11(5-8)19-20-12(9)6-13(15)21/h2-5H,6H2,1H3,(H2,15,21)(H,19,20)(H2,16,17,18). The van der Waals surface area contributed by atoms with Crippen LogP contribution in [0.4, 0.5) is 5.95 Å². The summed E-state index contributed by atoms with van der Waals surface area (Å²) in [5, 5.41) is 7.91. The highest BCUT2D eigenvalue weighted by Crippen LogP contribution is 2.24. The average molecular weight is 282 g/mol. The molecular weight excluding hydrogens is 268 g/mol. The van der Waals surface area contributed by atoms with E-state index in [4.69, 9.17) is 11.5 Å². The number of aryl methyl sites for hydroxylation is 1. The van der Waals surface area contributed by atoms with E-state index in [0.717, 1.165) is 27.9 Å². The summed E-state index contributed by atoms with van der Waals surface area (Å²) in [4.78, 5) is 19.3. The van der Waals surface area contributed by atoms with Crippen molar-refractivity contribution in [3.63, 3.8) is 0 Å². The monoisotopic (exact) mass is 282 g/mol. The molecule has 0 atom stereocenters. The molecule has 3 rings (SSSR count). The molecule has 5 N–H and O–H groups in total. The zero-order valence-electron chi connectivity index (χ0n) is 11.4. The lowest BCUT2D eigenvalue weighted by Gasteiger charge is -2.03. The average Bonchev–Trinajstić information content (AvgIpc) is 2.79. The van der Waals surface area contributed by atoms with Gasteiger partial charge in [-0.05, 0) is 19.1 Å². The van der Waals surface area contributed by atoms with Gasteiger partial charge in [0, 0.05) is 16.6 Å². The number of hydrogen-bond donors (Lipinski definition) is 3. The van der Waals surface area contributed by atoms with Crippen molar-refractivity contribution in [2.24, 2.45) is 5.73 Å². The summed E-state index contributed by atoms with van der Waals surface area (Å²) in [5.41, 5.74) is 14.8. The number of fused-ring (bicyclic) bond motifs is 1. The molecule has 7 heteroatoms. The van der Waals surface area contributed by atoms with Crippen LogP contribution in [-0.4, -0.2) is 26.1 Å². The number of carbonyl (C=O) groups is 1. The molecule has 2 heterocycles. The number of nitrogen functional groups attached to an aromatic ring is 1. The van der Waals surface area contributed by atoms with Gasteiger partial charge in [0.05, 0.1) is 23.3 Å². The lowest BCUT2D eigenvalue weighted by Crippen LogP contribution is -2.13. The molecule has 0 fully saturated rings. The van der Waals surface area contributed by atoms with Gasteiger partial charge in [-0.15, -0.1) is 0 Å². The second-order valence-electron chi connectivity index (χ2n) is 4.83. The SMILES string of the molecule is Cc1cc(-c2ccc3c(CC(N)=O)[nH]nc3c2)nc(N)n1. The number of anilines is 1. The summed E-state index contributed by atoms with van der Waals surface area (Å²) in [6, 6.07) is 7.54. The van der Waals surface area contributed by atoms with Gasteiger partial charge in [-0.1, -0.05) is 12.1 Å². The molecule has 2 aromatic heterocycles. The Balaban J connectivity index is 2.07. The molecule has 0 aliphatic rings. The lowest BCUT2D eigenvalue weighted by molar-refractivity contribution is -0.117. The zero-order chi connectivity index (χ0) is 15.0. The van der Waals surface area contributed by atoms with Crippen LogP contribution in [0.25, 0.3) is 22.2 Å². The molecule has 0 unspecified atom stereocenters. The van der Waals surface area contributed by atoms with Crippen LogP contribution in [0, 0.1) is 6.92 Å². The highest BCUT2D eigenvalue weighted by Gasteiger charge is 2.10. The highest BCUT2D eigenvalue weighted by molar-refractivity contribution is 5.89. The molecule has 0 saturated heterocycles. The van der Waals surface area contributed by atoms with Gasteiger partial charge < -0.3 is 11.5 Å². The van der Waals surface area contributed by atoms with E-state index in [1.165, 1.54) is 0 Å². The second kappa shape index (κ2) is 4.86. The van der Waals surface area contributed by atoms with Gasteiger partial charge >= 0.3 is 0 Å². The minimum absolute atomic E-state index is 0.134. The van der Waals surface area contributed by atoms with Crippen LogP contribution in [0.15, 0.2) is 24.3 Å². The van der Waals surface area contributed by atoms with Crippen molar-refractivity contribution >= 4 is 22.8 Å². The van der Waals surface area contributed by atoms with Crippen molar-refractivity contribution < 1.29 is 4.79 Å². The molecular formula is C14H14N6O. The van der Waals surface area contributed by atoms with E-state index in [2.05, 4.69) is 20.2 Å². The number of nitrogens with zero attached hydrogens (tertiary/aromatic N) is 3. The predicted molar refractivity (Wildman–Crippen MR) is 79.2 cm³/mol. The first kappa shape index (κ1) is 13.0. The van der Waals surface area contributed by atoms with Crippen molar-refractivity contribution in [1.82, 2.24) is 20.2 Å². The van der Waals surface area contributed by atoms with Crippen LogP contribution in [-0.2, 0) is 11.2 Å². The second-order valence-corrected chi connectivity index (χ2v) is 4.83. The minimum atomic E-state index is -0.399. The molecule has 0 aliphatic carbocycles. The quantitative estimate of drug-likeness (QED) is 0.659. The number of primary amides is 1. The van der Waals surface area contributed by atoms with Crippen molar-refractivity contribution in [2.45, 2.75) is 13.3 Å². The van der Waals surface area contributed by atoms with Crippen LogP contribution in [0.1, 0.15) is 11.4 Å². The van der Waals surface area contributed by atoms with E-state index >= 15 is 0 Å². The summed E-state index contributed by atoms with van der Waals surface area (Å²) >= 11 is 0. The first-order valence-corrected chi connectivity index (χ1v) is 6.40. The molecule has 0 radical (unpaired) electrons. The van der Waals surface area contributed by atoms with E-state index < -0.39 is 5.91 Å². The highest BCUT2D eigenvalue weighted by atomic mass is 16.1. The fraction of sp³-hybridized carbons (Fsp3) is 0.143. The van der Waals surface area contributed by atoms with Gasteiger partial charge in [0.15, 0.2) is 0 Å². The minimum Gasteiger partial charge on any atom is -0.369 e. The van der Waals surface area contributed by atoms with Crippen LogP contribution >= 0.6 is 0 Å². The third-order valence-electron chi connectivity index (χ3n) is 3.15.